The molecule has 2 aliphatic rings. The lowest BCUT2D eigenvalue weighted by atomic mass is 9.81. The number of aliphatic carboxylic acids is 1. The van der Waals surface area contributed by atoms with Gasteiger partial charge in [-0.3, -0.25) is 14.4 Å². The number of anilines is 1. The van der Waals surface area contributed by atoms with Gasteiger partial charge < -0.3 is 14.9 Å². The lowest BCUT2D eigenvalue weighted by molar-refractivity contribution is -0.142. The molecule has 2 aromatic carbocycles. The molecule has 0 spiro atoms. The zero-order valence-electron chi connectivity index (χ0n) is 18.6. The molecule has 0 bridgehead atoms. The van der Waals surface area contributed by atoms with E-state index in [4.69, 9.17) is 5.11 Å². The smallest absolute Gasteiger partial charge is 0.303 e. The first kappa shape index (κ1) is 23.8. The number of rotatable bonds is 6. The third-order valence-corrected chi connectivity index (χ3v) is 6.78. The number of carboxylic acid groups (broad SMARTS) is 1. The molecule has 6 nitrogen and oxygen atoms in total. The number of carbonyl (C=O) groups excluding carboxylic acids is 2. The first-order valence-corrected chi connectivity index (χ1v) is 11.3. The Morgan fingerprint density at radius 2 is 1.74 bits per heavy atom. The molecule has 9 heteroatoms. The summed E-state index contributed by atoms with van der Waals surface area (Å²) in [6, 6.07) is 7.77. The predicted octanol–water partition coefficient (Wildman–Crippen LogP) is 4.69. The van der Waals surface area contributed by atoms with E-state index in [9.17, 15) is 27.6 Å². The predicted molar refractivity (Wildman–Crippen MR) is 118 cm³/mol. The van der Waals surface area contributed by atoms with Gasteiger partial charge in [0, 0.05) is 36.2 Å². The molecule has 0 aromatic heterocycles. The number of para-hydroxylation sites is 1. The molecule has 0 radical (unpaired) electrons. The highest BCUT2D eigenvalue weighted by Gasteiger charge is 2.48. The molecule has 3 atom stereocenters. The third-order valence-electron chi connectivity index (χ3n) is 6.78. The van der Waals surface area contributed by atoms with Crippen LogP contribution in [0.15, 0.2) is 36.4 Å². The average Bonchev–Trinajstić information content (AvgIpc) is 3.29. The van der Waals surface area contributed by atoms with Crippen molar-refractivity contribution in [2.45, 2.75) is 51.1 Å². The molecule has 1 fully saturated rings. The summed E-state index contributed by atoms with van der Waals surface area (Å²) >= 11 is 0. The van der Waals surface area contributed by atoms with E-state index in [0.29, 0.717) is 36.3 Å². The van der Waals surface area contributed by atoms with Crippen LogP contribution in [0.2, 0.25) is 0 Å². The number of halogens is 3. The van der Waals surface area contributed by atoms with Gasteiger partial charge in [0.15, 0.2) is 17.5 Å². The van der Waals surface area contributed by atoms with Crippen LogP contribution in [0.25, 0.3) is 0 Å². The van der Waals surface area contributed by atoms with Crippen LogP contribution in [-0.2, 0) is 9.59 Å². The second-order valence-electron chi connectivity index (χ2n) is 8.67. The Balaban J connectivity index is 1.77. The minimum Gasteiger partial charge on any atom is -0.481 e. The Bertz CT molecular complexity index is 1120. The fourth-order valence-electron chi connectivity index (χ4n) is 5.39. The first-order chi connectivity index (χ1) is 16.2. The van der Waals surface area contributed by atoms with Crippen molar-refractivity contribution in [1.29, 1.82) is 0 Å². The second kappa shape index (κ2) is 9.48. The monoisotopic (exact) mass is 474 g/mol. The molecule has 4 rings (SSSR count). The highest BCUT2D eigenvalue weighted by atomic mass is 19.2. The van der Waals surface area contributed by atoms with Crippen molar-refractivity contribution in [1.82, 2.24) is 4.90 Å². The van der Waals surface area contributed by atoms with Crippen LogP contribution in [0.1, 0.15) is 61.0 Å². The van der Waals surface area contributed by atoms with E-state index in [1.165, 1.54) is 4.90 Å². The molecule has 34 heavy (non-hydrogen) atoms. The lowest BCUT2D eigenvalue weighted by Crippen LogP contribution is -2.52. The van der Waals surface area contributed by atoms with Crippen molar-refractivity contribution < 1.29 is 32.7 Å². The van der Waals surface area contributed by atoms with Gasteiger partial charge in [-0.05, 0) is 43.5 Å². The maximum absolute atomic E-state index is 13.9. The molecule has 180 valence electrons. The number of hydrogen-bond acceptors (Lipinski definition) is 3. The van der Waals surface area contributed by atoms with Gasteiger partial charge in [0.1, 0.15) is 0 Å². The van der Waals surface area contributed by atoms with Gasteiger partial charge in [0.05, 0.1) is 12.5 Å². The van der Waals surface area contributed by atoms with Crippen LogP contribution in [-0.4, -0.2) is 40.4 Å². The Morgan fingerprint density at radius 3 is 2.38 bits per heavy atom. The number of carbonyl (C=O) groups is 3. The topological polar surface area (TPSA) is 77.9 Å². The molecular weight excluding hydrogens is 449 g/mol. The molecule has 2 aromatic rings. The minimum absolute atomic E-state index is 0.129. The molecule has 1 N–H and O–H groups in total. The van der Waals surface area contributed by atoms with Gasteiger partial charge in [-0.15, -0.1) is 0 Å². The van der Waals surface area contributed by atoms with Crippen molar-refractivity contribution >= 4 is 23.5 Å². The van der Waals surface area contributed by atoms with Gasteiger partial charge >= 0.3 is 5.97 Å². The Labute approximate surface area is 195 Å². The summed E-state index contributed by atoms with van der Waals surface area (Å²) in [6.07, 6.45) is 1.74. The quantitative estimate of drug-likeness (QED) is 0.617. The number of hydrogen-bond donors (Lipinski definition) is 1. The lowest BCUT2D eigenvalue weighted by Gasteiger charge is -2.47. The Morgan fingerprint density at radius 1 is 1.06 bits per heavy atom. The summed E-state index contributed by atoms with van der Waals surface area (Å²) in [5.74, 6) is -6.61. The van der Waals surface area contributed by atoms with Crippen LogP contribution < -0.4 is 4.90 Å². The number of fused-ring (bicyclic) bond motifs is 2. The van der Waals surface area contributed by atoms with E-state index in [2.05, 4.69) is 0 Å². The summed E-state index contributed by atoms with van der Waals surface area (Å²) in [6.45, 7) is 2.19. The Hall–Kier alpha value is -3.36. The van der Waals surface area contributed by atoms with Crippen molar-refractivity contribution in [2.75, 3.05) is 11.4 Å². The zero-order chi connectivity index (χ0) is 24.6. The highest BCUT2D eigenvalue weighted by molar-refractivity contribution is 6.07. The van der Waals surface area contributed by atoms with E-state index >= 15 is 0 Å². The van der Waals surface area contributed by atoms with Crippen molar-refractivity contribution in [3.8, 4) is 0 Å². The Kier molecular flexibility index (Phi) is 6.63. The van der Waals surface area contributed by atoms with Gasteiger partial charge in [0.25, 0.3) is 5.91 Å². The second-order valence-corrected chi connectivity index (χ2v) is 8.67. The molecule has 1 aliphatic heterocycles. The van der Waals surface area contributed by atoms with Crippen LogP contribution in [0.5, 0.6) is 0 Å². The van der Waals surface area contributed by atoms with Gasteiger partial charge in [-0.2, -0.15) is 0 Å². The molecule has 1 aliphatic carbocycles. The highest BCUT2D eigenvalue weighted by Crippen LogP contribution is 2.50. The SMILES string of the molecule is CCN(C(=O)CCC(=O)O)C1c2ccccc2N(C(=O)c2cc(F)c(F)c(F)c2)C2CCCC12. The maximum atomic E-state index is 13.9. The average molecular weight is 474 g/mol. The summed E-state index contributed by atoms with van der Waals surface area (Å²) in [5.41, 5.74) is 0.947. The fraction of sp³-hybridized carbons (Fsp3) is 0.400. The van der Waals surface area contributed by atoms with E-state index in [1.807, 2.05) is 13.0 Å². The van der Waals surface area contributed by atoms with E-state index in [-0.39, 0.29) is 42.3 Å². The van der Waals surface area contributed by atoms with E-state index in [1.54, 1.807) is 23.1 Å². The van der Waals surface area contributed by atoms with Crippen LogP contribution in [0.3, 0.4) is 0 Å². The zero-order valence-corrected chi connectivity index (χ0v) is 18.6. The molecule has 3 unspecified atom stereocenters. The van der Waals surface area contributed by atoms with Gasteiger partial charge in [-0.25, -0.2) is 13.2 Å². The van der Waals surface area contributed by atoms with Gasteiger partial charge in [0.2, 0.25) is 5.91 Å². The molecule has 2 amide bonds. The number of amides is 2. The summed E-state index contributed by atoms with van der Waals surface area (Å²) in [7, 11) is 0. The minimum atomic E-state index is -1.63. The first-order valence-electron chi connectivity index (χ1n) is 11.3. The van der Waals surface area contributed by atoms with Crippen LogP contribution in [0, 0.1) is 23.4 Å². The largest absolute Gasteiger partial charge is 0.481 e. The van der Waals surface area contributed by atoms with Gasteiger partial charge in [-0.1, -0.05) is 24.6 Å². The normalized spacial score (nSPS) is 21.1. The number of carboxylic acids is 1. The molecule has 1 heterocycles. The van der Waals surface area contributed by atoms with Crippen molar-refractivity contribution in [2.24, 2.45) is 5.92 Å². The van der Waals surface area contributed by atoms with Crippen LogP contribution in [0.4, 0.5) is 18.9 Å². The molecule has 1 saturated carbocycles. The number of nitrogens with zero attached hydrogens (tertiary/aromatic N) is 2. The fourth-order valence-corrected chi connectivity index (χ4v) is 5.39. The third kappa shape index (κ3) is 4.15. The van der Waals surface area contributed by atoms with E-state index in [0.717, 1.165) is 12.8 Å². The van der Waals surface area contributed by atoms with Crippen molar-refractivity contribution in [3.05, 3.63) is 65.0 Å². The summed E-state index contributed by atoms with van der Waals surface area (Å²) < 4.78 is 41.3. The number of benzene rings is 2. The standard InChI is InChI=1S/C25H25F3N2O4/c1-2-29(21(31)10-11-22(32)33)24-15-6-3-4-8-19(15)30(20-9-5-7-16(20)24)25(34)14-12-17(26)23(28)18(27)13-14/h3-4,6,8,12-13,16,20,24H,2,5,7,9-11H2,1H3,(H,32,33). The molecule has 0 saturated heterocycles. The van der Waals surface area contributed by atoms with E-state index < -0.39 is 29.3 Å². The van der Waals surface area contributed by atoms with Crippen molar-refractivity contribution in [3.63, 3.8) is 0 Å². The summed E-state index contributed by atoms with van der Waals surface area (Å²) in [5, 5.41) is 9.00. The maximum Gasteiger partial charge on any atom is 0.303 e. The molecular formula is C25H25F3N2O4. The summed E-state index contributed by atoms with van der Waals surface area (Å²) in [4.78, 5) is 40.7. The van der Waals surface area contributed by atoms with Crippen LogP contribution >= 0.6 is 0 Å².